The molecular weight excluding hydrogens is 658 g/mol. The van der Waals surface area contributed by atoms with Gasteiger partial charge in [0.25, 0.3) is 5.91 Å². The first-order valence-electron chi connectivity index (χ1n) is 16.1. The number of morpholine rings is 1. The molecule has 3 atom stereocenters. The molecule has 3 N–H and O–H groups in total. The van der Waals surface area contributed by atoms with Crippen molar-refractivity contribution in [1.82, 2.24) is 9.80 Å². The summed E-state index contributed by atoms with van der Waals surface area (Å²) in [5.41, 5.74) is -0.516. The highest BCUT2D eigenvalue weighted by molar-refractivity contribution is 7.86. The number of allylic oxidation sites excluding steroid dienone is 3. The summed E-state index contributed by atoms with van der Waals surface area (Å²) in [6.07, 6.45) is 2.34. The minimum atomic E-state index is -4.67. The van der Waals surface area contributed by atoms with Gasteiger partial charge in [0.05, 0.1) is 30.1 Å². The predicted molar refractivity (Wildman–Crippen MR) is 183 cm³/mol. The van der Waals surface area contributed by atoms with Crippen LogP contribution in [0.2, 0.25) is 0 Å². The number of rotatable bonds is 9. The number of quaternary nitrogens is 1. The number of hydrogen-bond donors (Lipinski definition) is 2. The third kappa shape index (κ3) is 7.80. The maximum atomic E-state index is 14.7. The van der Waals surface area contributed by atoms with Crippen LogP contribution in [-0.2, 0) is 31.4 Å². The number of carbonyl (C=O) groups is 2. The zero-order valence-corrected chi connectivity index (χ0v) is 28.5. The summed E-state index contributed by atoms with van der Waals surface area (Å²) in [4.78, 5) is 31.8. The summed E-state index contributed by atoms with van der Waals surface area (Å²) in [5, 5.41) is 10.4. The number of nitrogens with two attached hydrogens (primary N) is 1. The van der Waals surface area contributed by atoms with E-state index >= 15 is 0 Å². The maximum Gasteiger partial charge on any atom is 0.416 e. The average molecular weight is 700 g/mol. The topological polar surface area (TPSA) is 103 Å². The quantitative estimate of drug-likeness (QED) is 0.166. The molecule has 1 aliphatic carbocycles. The van der Waals surface area contributed by atoms with Crippen molar-refractivity contribution >= 4 is 33.7 Å². The number of hydrogen-bond acceptors (Lipinski definition) is 6. The highest BCUT2D eigenvalue weighted by atomic mass is 32.2. The zero-order valence-electron chi connectivity index (χ0n) is 27.7. The molecule has 3 aliphatic rings. The smallest absolute Gasteiger partial charge is 0.379 e. The van der Waals surface area contributed by atoms with E-state index < -0.39 is 50.3 Å². The van der Waals surface area contributed by atoms with Gasteiger partial charge in [0.2, 0.25) is 11.7 Å². The van der Waals surface area contributed by atoms with Crippen LogP contribution in [0.5, 0.6) is 0 Å². The third-order valence-electron chi connectivity index (χ3n) is 9.14. The van der Waals surface area contributed by atoms with Gasteiger partial charge in [-0.05, 0) is 72.6 Å². The minimum absolute atomic E-state index is 0.223. The largest absolute Gasteiger partial charge is 0.416 e. The van der Waals surface area contributed by atoms with Crippen LogP contribution in [0.25, 0.3) is 0 Å². The van der Waals surface area contributed by atoms with Gasteiger partial charge in [-0.2, -0.15) is 13.2 Å². The molecule has 0 spiro atoms. The van der Waals surface area contributed by atoms with Gasteiger partial charge in [-0.1, -0.05) is 38.1 Å². The van der Waals surface area contributed by atoms with Crippen LogP contribution in [-0.4, -0.2) is 77.8 Å². The van der Waals surface area contributed by atoms with E-state index in [4.69, 9.17) is 4.74 Å². The molecule has 2 aromatic carbocycles. The van der Waals surface area contributed by atoms with E-state index in [-0.39, 0.29) is 30.3 Å². The van der Waals surface area contributed by atoms with Crippen molar-refractivity contribution in [3.8, 4) is 0 Å². The lowest BCUT2D eigenvalue weighted by Gasteiger charge is -2.50. The molecule has 5 rings (SSSR count). The summed E-state index contributed by atoms with van der Waals surface area (Å²) in [7, 11) is -1.66. The standard InChI is InChI=1S/C36H40F4N5O3S/c1-5-45-32(42-28-11-6-8-23(2)20-28)30(29(41)22-44-16-18-48-19-17-44)35(3,25-12-14-27(37)15-13-25)31(34(45)47)49(4)43-33(46)24-9-7-10-26(21-24)36(38,39)40/h6-7,9-15,20-21,23,31,41-42H,4-5,8,16-19,22H2,1-3H3/q-1/p+1/t23?,31?,35-/m1/s1. The van der Waals surface area contributed by atoms with Crippen LogP contribution >= 0.6 is 0 Å². The zero-order chi connectivity index (χ0) is 35.5. The summed E-state index contributed by atoms with van der Waals surface area (Å²) in [5.74, 6) is 3.08. The van der Waals surface area contributed by atoms with Gasteiger partial charge < -0.3 is 24.8 Å². The lowest BCUT2D eigenvalue weighted by molar-refractivity contribution is -0.566. The Bertz CT molecular complexity index is 1790. The number of nitrogens with one attached hydrogen (secondary N) is 1. The molecule has 0 radical (unpaired) electrons. The van der Waals surface area contributed by atoms with Crippen molar-refractivity contribution in [2.24, 2.45) is 10.3 Å². The summed E-state index contributed by atoms with van der Waals surface area (Å²) in [6, 6.07) is 9.64. The number of ether oxygens (including phenoxy) is 1. The number of benzene rings is 2. The lowest BCUT2D eigenvalue weighted by atomic mass is 9.68. The number of carbonyl (C=O) groups excluding carboxylic acids is 2. The van der Waals surface area contributed by atoms with Crippen LogP contribution in [0, 0.1) is 17.1 Å². The van der Waals surface area contributed by atoms with E-state index in [9.17, 15) is 32.6 Å². The van der Waals surface area contributed by atoms with E-state index in [0.717, 1.165) is 30.3 Å². The molecule has 2 amide bonds. The first-order valence-corrected chi connectivity index (χ1v) is 17.5. The Morgan fingerprint density at radius 3 is 2.51 bits per heavy atom. The average Bonchev–Trinajstić information content (AvgIpc) is 3.05. The van der Waals surface area contributed by atoms with Gasteiger partial charge in [0.1, 0.15) is 11.5 Å². The summed E-state index contributed by atoms with van der Waals surface area (Å²) in [6.45, 7) is 8.38. The SMILES string of the molecule is C=[S-](=NC(=O)c1cccc(C(F)(F)F)c1)C1C(=O)N(CC)C([NH2+]C2=CC(C)CC=C2)=C(C(=N)CN2CCOCC2)[C@@]1(C)c1ccc(F)cc1. The molecule has 2 aliphatic heterocycles. The van der Waals surface area contributed by atoms with Crippen molar-refractivity contribution in [3.63, 3.8) is 0 Å². The van der Waals surface area contributed by atoms with Gasteiger partial charge in [-0.15, -0.1) is 0 Å². The van der Waals surface area contributed by atoms with Gasteiger partial charge in [0, 0.05) is 37.2 Å². The van der Waals surface area contributed by atoms with Gasteiger partial charge in [0.15, 0.2) is 0 Å². The van der Waals surface area contributed by atoms with E-state index in [1.807, 2.05) is 18.3 Å². The molecule has 0 aromatic heterocycles. The number of halogens is 4. The normalized spacial score (nSPS) is 24.3. The second-order valence-corrected chi connectivity index (χ2v) is 14.1. The Hall–Kier alpha value is -3.91. The molecular formula is C36H41F4N5O3S. The van der Waals surface area contributed by atoms with Crippen LogP contribution in [0.15, 0.2) is 88.2 Å². The fourth-order valence-electron chi connectivity index (χ4n) is 6.69. The van der Waals surface area contributed by atoms with Gasteiger partial charge >= 0.3 is 6.18 Å². The fraction of sp³-hybridized carbons (Fsp3) is 0.389. The molecule has 2 aromatic rings. The molecule has 13 heteroatoms. The van der Waals surface area contributed by atoms with Crippen molar-refractivity contribution in [3.05, 3.63) is 106 Å². The fourth-order valence-corrected chi connectivity index (χ4v) is 8.27. The molecule has 0 bridgehead atoms. The first kappa shape index (κ1) is 36.4. The van der Waals surface area contributed by atoms with E-state index in [1.165, 1.54) is 18.2 Å². The van der Waals surface area contributed by atoms with Crippen LogP contribution < -0.4 is 5.32 Å². The molecule has 0 saturated carbocycles. The molecule has 8 nitrogen and oxygen atoms in total. The molecule has 2 heterocycles. The second kappa shape index (κ2) is 14.9. The Labute approximate surface area is 285 Å². The van der Waals surface area contributed by atoms with Crippen molar-refractivity contribution in [2.45, 2.75) is 44.0 Å². The molecule has 2 unspecified atom stereocenters. The van der Waals surface area contributed by atoms with Crippen LogP contribution in [0.3, 0.4) is 0 Å². The Kier molecular flexibility index (Phi) is 11.1. The van der Waals surface area contributed by atoms with Crippen molar-refractivity contribution in [1.29, 1.82) is 5.41 Å². The van der Waals surface area contributed by atoms with Crippen molar-refractivity contribution in [2.75, 3.05) is 39.4 Å². The van der Waals surface area contributed by atoms with E-state index in [0.29, 0.717) is 43.3 Å². The highest BCUT2D eigenvalue weighted by Crippen LogP contribution is 2.44. The monoisotopic (exact) mass is 699 g/mol. The van der Waals surface area contributed by atoms with Gasteiger partial charge in [-0.3, -0.25) is 24.7 Å². The number of nitrogens with zero attached hydrogens (tertiary/aromatic N) is 3. The minimum Gasteiger partial charge on any atom is -0.379 e. The third-order valence-corrected chi connectivity index (χ3v) is 10.8. The van der Waals surface area contributed by atoms with E-state index in [2.05, 4.69) is 34.2 Å². The maximum absolute atomic E-state index is 14.7. The Morgan fingerprint density at radius 2 is 1.88 bits per heavy atom. The Morgan fingerprint density at radius 1 is 1.18 bits per heavy atom. The second-order valence-electron chi connectivity index (χ2n) is 12.6. The summed E-state index contributed by atoms with van der Waals surface area (Å²) >= 11 is 0. The molecule has 1 fully saturated rings. The first-order chi connectivity index (χ1) is 23.2. The van der Waals surface area contributed by atoms with Crippen LogP contribution in [0.1, 0.15) is 48.7 Å². The highest BCUT2D eigenvalue weighted by Gasteiger charge is 2.51. The van der Waals surface area contributed by atoms with Crippen molar-refractivity contribution < 1.29 is 37.2 Å². The molecule has 1 saturated heterocycles. The van der Waals surface area contributed by atoms with E-state index in [1.54, 1.807) is 24.0 Å². The van der Waals surface area contributed by atoms with Gasteiger partial charge in [-0.25, -0.2) is 10.3 Å². The number of alkyl halides is 3. The molecule has 262 valence electrons. The van der Waals surface area contributed by atoms with Crippen LogP contribution in [0.4, 0.5) is 17.6 Å². The predicted octanol–water partition coefficient (Wildman–Crippen LogP) is 5.01. The molecule has 49 heavy (non-hydrogen) atoms. The Balaban J connectivity index is 1.72. The number of amides is 2. The lowest BCUT2D eigenvalue weighted by Crippen LogP contribution is -2.85. The summed E-state index contributed by atoms with van der Waals surface area (Å²) < 4.78 is 64.6.